The summed E-state index contributed by atoms with van der Waals surface area (Å²) in [5.74, 6) is 0. The van der Waals surface area contributed by atoms with Crippen molar-refractivity contribution in [3.63, 3.8) is 0 Å². The molecule has 1 nitrogen and oxygen atoms in total. The van der Waals surface area contributed by atoms with E-state index in [-0.39, 0.29) is 0 Å². The van der Waals surface area contributed by atoms with Crippen LogP contribution >= 0.6 is 22.6 Å². The highest BCUT2D eigenvalue weighted by Crippen LogP contribution is 2.14. The van der Waals surface area contributed by atoms with Gasteiger partial charge in [0.2, 0.25) is 0 Å². The standard InChI is InChI=1S/C17H17IO/c1-14(6-5-7-15(2)12-13-19)10-11-16-8-3-4-9-17(16)18/h3-13H,1-2H3. The van der Waals surface area contributed by atoms with Gasteiger partial charge in [-0.05, 0) is 59.7 Å². The summed E-state index contributed by atoms with van der Waals surface area (Å²) in [7, 11) is 0. The third kappa shape index (κ3) is 6.34. The van der Waals surface area contributed by atoms with E-state index in [1.54, 1.807) is 6.08 Å². The van der Waals surface area contributed by atoms with Crippen LogP contribution < -0.4 is 0 Å². The van der Waals surface area contributed by atoms with Crippen LogP contribution in [0.4, 0.5) is 0 Å². The van der Waals surface area contributed by atoms with E-state index < -0.39 is 0 Å². The number of halogens is 1. The van der Waals surface area contributed by atoms with E-state index in [0.29, 0.717) is 0 Å². The first kappa shape index (κ1) is 15.6. The maximum atomic E-state index is 10.3. The van der Waals surface area contributed by atoms with Crippen LogP contribution in [-0.2, 0) is 4.79 Å². The minimum atomic E-state index is 0.799. The van der Waals surface area contributed by atoms with E-state index >= 15 is 0 Å². The zero-order valence-corrected chi connectivity index (χ0v) is 13.3. The van der Waals surface area contributed by atoms with Crippen LogP contribution in [0.15, 0.2) is 65.8 Å². The highest BCUT2D eigenvalue weighted by atomic mass is 127. The number of aldehydes is 1. The lowest BCUT2D eigenvalue weighted by Gasteiger charge is -1.96. The summed E-state index contributed by atoms with van der Waals surface area (Å²) < 4.78 is 1.24. The Labute approximate surface area is 128 Å². The first-order valence-electron chi connectivity index (χ1n) is 6.03. The summed E-state index contributed by atoms with van der Waals surface area (Å²) in [6.45, 7) is 3.95. The lowest BCUT2D eigenvalue weighted by Crippen LogP contribution is -1.77. The quantitative estimate of drug-likeness (QED) is 0.313. The van der Waals surface area contributed by atoms with Crippen molar-refractivity contribution in [3.05, 3.63) is 74.9 Å². The molecule has 0 saturated heterocycles. The number of rotatable bonds is 5. The fourth-order valence-corrected chi connectivity index (χ4v) is 1.97. The summed E-state index contributed by atoms with van der Waals surface area (Å²) in [6, 6.07) is 8.26. The molecule has 2 heteroatoms. The monoisotopic (exact) mass is 364 g/mol. The third-order valence-corrected chi connectivity index (χ3v) is 3.46. The molecule has 1 aromatic carbocycles. The molecule has 0 aliphatic rings. The second kappa shape index (κ2) is 8.64. The average molecular weight is 364 g/mol. The smallest absolute Gasteiger partial charge is 0.143 e. The fraction of sp³-hybridized carbons (Fsp3) is 0.118. The maximum Gasteiger partial charge on any atom is 0.143 e. The number of hydrogen-bond acceptors (Lipinski definition) is 1. The van der Waals surface area contributed by atoms with Gasteiger partial charge in [-0.15, -0.1) is 0 Å². The molecule has 0 fully saturated rings. The Kier molecular flexibility index (Phi) is 7.11. The lowest BCUT2D eigenvalue weighted by molar-refractivity contribution is -0.104. The summed E-state index contributed by atoms with van der Waals surface area (Å²) in [5, 5.41) is 0. The summed E-state index contributed by atoms with van der Waals surface area (Å²) >= 11 is 2.33. The molecular formula is C17H17IO. The number of carbonyl (C=O) groups excluding carboxylic acids is 1. The normalized spacial score (nSPS) is 13.4. The van der Waals surface area contributed by atoms with Crippen LogP contribution in [0, 0.1) is 3.57 Å². The van der Waals surface area contributed by atoms with Gasteiger partial charge in [0.25, 0.3) is 0 Å². The third-order valence-electron chi connectivity index (χ3n) is 2.48. The predicted molar refractivity (Wildman–Crippen MR) is 90.9 cm³/mol. The van der Waals surface area contributed by atoms with Crippen molar-refractivity contribution in [2.24, 2.45) is 0 Å². The molecule has 0 heterocycles. The Hall–Kier alpha value is -1.42. The number of benzene rings is 1. The van der Waals surface area contributed by atoms with Crippen molar-refractivity contribution < 1.29 is 4.79 Å². The van der Waals surface area contributed by atoms with Crippen molar-refractivity contribution in [2.45, 2.75) is 13.8 Å². The molecule has 0 unspecified atom stereocenters. The summed E-state index contributed by atoms with van der Waals surface area (Å²) in [6.07, 6.45) is 12.4. The van der Waals surface area contributed by atoms with Crippen LogP contribution in [0.3, 0.4) is 0 Å². The molecule has 0 radical (unpaired) electrons. The molecule has 0 aromatic heterocycles. The van der Waals surface area contributed by atoms with Gasteiger partial charge in [-0.1, -0.05) is 54.2 Å². The number of carbonyl (C=O) groups is 1. The first-order valence-corrected chi connectivity index (χ1v) is 7.11. The first-order chi connectivity index (χ1) is 9.13. The lowest BCUT2D eigenvalue weighted by atomic mass is 10.1. The van der Waals surface area contributed by atoms with E-state index in [9.17, 15) is 4.79 Å². The van der Waals surface area contributed by atoms with E-state index in [1.165, 1.54) is 9.13 Å². The highest BCUT2D eigenvalue weighted by molar-refractivity contribution is 14.1. The second-order valence-electron chi connectivity index (χ2n) is 4.17. The molecule has 0 aliphatic heterocycles. The second-order valence-corrected chi connectivity index (χ2v) is 5.33. The van der Waals surface area contributed by atoms with Crippen molar-refractivity contribution in [1.29, 1.82) is 0 Å². The van der Waals surface area contributed by atoms with Crippen molar-refractivity contribution in [1.82, 2.24) is 0 Å². The van der Waals surface area contributed by atoms with Crippen molar-refractivity contribution >= 4 is 35.0 Å². The highest BCUT2D eigenvalue weighted by Gasteiger charge is 1.91. The van der Waals surface area contributed by atoms with Gasteiger partial charge in [0.1, 0.15) is 6.29 Å². The van der Waals surface area contributed by atoms with Gasteiger partial charge in [-0.2, -0.15) is 0 Å². The molecule has 1 rings (SSSR count). The molecule has 98 valence electrons. The van der Waals surface area contributed by atoms with Crippen LogP contribution in [0.5, 0.6) is 0 Å². The van der Waals surface area contributed by atoms with Crippen LogP contribution in [0.25, 0.3) is 6.08 Å². The van der Waals surface area contributed by atoms with Gasteiger partial charge in [-0.3, -0.25) is 4.79 Å². The van der Waals surface area contributed by atoms with Gasteiger partial charge >= 0.3 is 0 Å². The SMILES string of the molecule is CC(C=CC=C(C)C=Cc1ccccc1I)=CC=O. The molecule has 0 spiro atoms. The van der Waals surface area contributed by atoms with E-state index in [2.05, 4.69) is 53.8 Å². The zero-order chi connectivity index (χ0) is 14.1. The van der Waals surface area contributed by atoms with Crippen molar-refractivity contribution in [3.8, 4) is 0 Å². The zero-order valence-electron chi connectivity index (χ0n) is 11.1. The molecule has 0 amide bonds. The number of hydrogen-bond donors (Lipinski definition) is 0. The molecule has 0 N–H and O–H groups in total. The summed E-state index contributed by atoms with van der Waals surface area (Å²) in [5.41, 5.74) is 3.33. The Bertz CT molecular complexity index is 548. The molecule has 19 heavy (non-hydrogen) atoms. The van der Waals surface area contributed by atoms with E-state index in [4.69, 9.17) is 0 Å². The Morgan fingerprint density at radius 2 is 1.74 bits per heavy atom. The van der Waals surface area contributed by atoms with Gasteiger partial charge in [-0.25, -0.2) is 0 Å². The van der Waals surface area contributed by atoms with Crippen LogP contribution in [-0.4, -0.2) is 6.29 Å². The van der Waals surface area contributed by atoms with Gasteiger partial charge in [0.15, 0.2) is 0 Å². The molecule has 0 bridgehead atoms. The van der Waals surface area contributed by atoms with E-state index in [1.807, 2.05) is 37.3 Å². The molecule has 0 saturated carbocycles. The Morgan fingerprint density at radius 3 is 2.42 bits per heavy atom. The van der Waals surface area contributed by atoms with Gasteiger partial charge in [0.05, 0.1) is 0 Å². The summed E-state index contributed by atoms with van der Waals surface area (Å²) in [4.78, 5) is 10.3. The topological polar surface area (TPSA) is 17.1 Å². The molecular weight excluding hydrogens is 347 g/mol. The average Bonchev–Trinajstić information content (AvgIpc) is 2.38. The molecule has 0 aliphatic carbocycles. The molecule has 1 aromatic rings. The maximum absolute atomic E-state index is 10.3. The van der Waals surface area contributed by atoms with Crippen molar-refractivity contribution in [2.75, 3.05) is 0 Å². The van der Waals surface area contributed by atoms with E-state index in [0.717, 1.165) is 17.4 Å². The predicted octanol–water partition coefficient (Wildman–Crippen LogP) is 4.95. The minimum absolute atomic E-state index is 0.799. The molecule has 0 atom stereocenters. The number of allylic oxidation sites excluding steroid dienone is 7. The van der Waals surface area contributed by atoms with Gasteiger partial charge < -0.3 is 0 Å². The Morgan fingerprint density at radius 1 is 1.05 bits per heavy atom. The Balaban J connectivity index is 2.69. The fourth-order valence-electron chi connectivity index (χ4n) is 1.40. The minimum Gasteiger partial charge on any atom is -0.299 e. The van der Waals surface area contributed by atoms with Crippen LogP contribution in [0.2, 0.25) is 0 Å². The van der Waals surface area contributed by atoms with Gasteiger partial charge in [0, 0.05) is 3.57 Å². The van der Waals surface area contributed by atoms with Crippen LogP contribution in [0.1, 0.15) is 19.4 Å². The largest absolute Gasteiger partial charge is 0.299 e.